The van der Waals surface area contributed by atoms with Gasteiger partial charge in [-0.2, -0.15) is 5.10 Å². The number of carboxylic acid groups (broad SMARTS) is 1. The normalized spacial score (nSPS) is 10.9. The number of carboxylic acids is 1. The third kappa shape index (κ3) is 3.45. The number of aromatic nitrogens is 2. The fraction of sp³-hybridized carbons (Fsp3) is 0.333. The van der Waals surface area contributed by atoms with E-state index >= 15 is 0 Å². The summed E-state index contributed by atoms with van der Waals surface area (Å²) in [5, 5.41) is 13.2. The van der Waals surface area contributed by atoms with Crippen LogP contribution in [-0.2, 0) is 20.1 Å². The molecule has 0 spiro atoms. The van der Waals surface area contributed by atoms with E-state index in [1.54, 1.807) is 17.9 Å². The van der Waals surface area contributed by atoms with E-state index in [2.05, 4.69) is 29.1 Å². The molecule has 1 N–H and O–H groups in total. The largest absolute Gasteiger partial charge is 0.476 e. The van der Waals surface area contributed by atoms with Crippen molar-refractivity contribution in [1.29, 1.82) is 0 Å². The summed E-state index contributed by atoms with van der Waals surface area (Å²) in [6, 6.07) is 10.2. The summed E-state index contributed by atoms with van der Waals surface area (Å²) in [4.78, 5) is 13.4. The first kappa shape index (κ1) is 14.3. The number of hydrogen-bond acceptors (Lipinski definition) is 3. The van der Waals surface area contributed by atoms with Crippen molar-refractivity contribution in [3.05, 3.63) is 53.3 Å². The van der Waals surface area contributed by atoms with Gasteiger partial charge in [-0.25, -0.2) is 4.79 Å². The zero-order valence-corrected chi connectivity index (χ0v) is 11.8. The fourth-order valence-electron chi connectivity index (χ4n) is 2.20. The lowest BCUT2D eigenvalue weighted by Gasteiger charge is -2.20. The summed E-state index contributed by atoms with van der Waals surface area (Å²) in [6.45, 7) is 4.30. The molecule has 20 heavy (non-hydrogen) atoms. The van der Waals surface area contributed by atoms with Gasteiger partial charge in [0.25, 0.3) is 0 Å². The van der Waals surface area contributed by atoms with Crippen LogP contribution < -0.4 is 0 Å². The van der Waals surface area contributed by atoms with Crippen molar-refractivity contribution in [2.24, 2.45) is 7.05 Å². The second kappa shape index (κ2) is 6.34. The molecule has 0 aliphatic carbocycles. The predicted octanol–water partition coefficient (Wildman–Crippen LogP) is 2.14. The number of aryl methyl sites for hydroxylation is 1. The van der Waals surface area contributed by atoms with Crippen LogP contribution in [0, 0.1) is 0 Å². The Labute approximate surface area is 118 Å². The van der Waals surface area contributed by atoms with Gasteiger partial charge in [0.05, 0.1) is 0 Å². The molecule has 0 aliphatic rings. The molecule has 0 saturated heterocycles. The van der Waals surface area contributed by atoms with Gasteiger partial charge in [0.1, 0.15) is 0 Å². The van der Waals surface area contributed by atoms with Gasteiger partial charge in [-0.3, -0.25) is 9.58 Å². The molecule has 0 bridgehead atoms. The zero-order valence-electron chi connectivity index (χ0n) is 11.8. The number of nitrogens with zero attached hydrogens (tertiary/aromatic N) is 3. The van der Waals surface area contributed by atoms with E-state index in [0.717, 1.165) is 18.7 Å². The van der Waals surface area contributed by atoms with Gasteiger partial charge in [0, 0.05) is 31.9 Å². The molecule has 1 aromatic carbocycles. The van der Waals surface area contributed by atoms with Crippen LogP contribution in [0.15, 0.2) is 36.5 Å². The number of aromatic carboxylic acids is 1. The van der Waals surface area contributed by atoms with E-state index in [0.29, 0.717) is 6.54 Å². The maximum atomic E-state index is 11.2. The minimum atomic E-state index is -0.976. The lowest BCUT2D eigenvalue weighted by atomic mass is 10.2. The molecule has 0 fully saturated rings. The summed E-state index contributed by atoms with van der Waals surface area (Å²) < 4.78 is 1.55. The van der Waals surface area contributed by atoms with Gasteiger partial charge in [-0.1, -0.05) is 37.3 Å². The lowest BCUT2D eigenvalue weighted by Crippen LogP contribution is -2.23. The van der Waals surface area contributed by atoms with Crippen LogP contribution in [-0.4, -0.2) is 32.3 Å². The van der Waals surface area contributed by atoms with Crippen molar-refractivity contribution in [3.63, 3.8) is 0 Å². The van der Waals surface area contributed by atoms with Gasteiger partial charge in [-0.15, -0.1) is 0 Å². The second-order valence-electron chi connectivity index (χ2n) is 4.77. The number of rotatable bonds is 6. The second-order valence-corrected chi connectivity index (χ2v) is 4.77. The van der Waals surface area contributed by atoms with Crippen LogP contribution in [0.25, 0.3) is 0 Å². The Morgan fingerprint density at radius 2 is 2.00 bits per heavy atom. The first-order chi connectivity index (χ1) is 9.60. The van der Waals surface area contributed by atoms with E-state index in [-0.39, 0.29) is 5.69 Å². The standard InChI is InChI=1S/C15H19N3O2/c1-3-18(9-12-7-5-4-6-8-12)11-13-10-17(2)16-14(13)15(19)20/h4-8,10H,3,9,11H2,1-2H3,(H,19,20). The predicted molar refractivity (Wildman–Crippen MR) is 76.4 cm³/mol. The van der Waals surface area contributed by atoms with Gasteiger partial charge in [0.2, 0.25) is 0 Å². The van der Waals surface area contributed by atoms with Gasteiger partial charge in [-0.05, 0) is 12.1 Å². The SMILES string of the molecule is CCN(Cc1ccccc1)Cc1cn(C)nc1C(=O)O. The quantitative estimate of drug-likeness (QED) is 0.876. The van der Waals surface area contributed by atoms with Crippen molar-refractivity contribution in [2.45, 2.75) is 20.0 Å². The van der Waals surface area contributed by atoms with Crippen LogP contribution in [0.3, 0.4) is 0 Å². The minimum absolute atomic E-state index is 0.138. The van der Waals surface area contributed by atoms with Gasteiger partial charge >= 0.3 is 5.97 Å². The summed E-state index contributed by atoms with van der Waals surface area (Å²) >= 11 is 0. The molecule has 0 atom stereocenters. The molecule has 1 aromatic heterocycles. The highest BCUT2D eigenvalue weighted by Gasteiger charge is 2.17. The van der Waals surface area contributed by atoms with Crippen molar-refractivity contribution in [2.75, 3.05) is 6.54 Å². The summed E-state index contributed by atoms with van der Waals surface area (Å²) in [7, 11) is 1.74. The van der Waals surface area contributed by atoms with Crippen LogP contribution in [0.4, 0.5) is 0 Å². The van der Waals surface area contributed by atoms with Crippen molar-refractivity contribution < 1.29 is 9.90 Å². The minimum Gasteiger partial charge on any atom is -0.476 e. The van der Waals surface area contributed by atoms with Gasteiger partial charge < -0.3 is 5.11 Å². The van der Waals surface area contributed by atoms with Crippen LogP contribution in [0.5, 0.6) is 0 Å². The van der Waals surface area contributed by atoms with Gasteiger partial charge in [0.15, 0.2) is 5.69 Å². The molecule has 0 radical (unpaired) electrons. The van der Waals surface area contributed by atoms with Crippen molar-refractivity contribution in [1.82, 2.24) is 14.7 Å². The maximum Gasteiger partial charge on any atom is 0.356 e. The summed E-state index contributed by atoms with van der Waals surface area (Å²) in [5.74, 6) is -0.976. The highest BCUT2D eigenvalue weighted by atomic mass is 16.4. The Bertz CT molecular complexity index is 578. The van der Waals surface area contributed by atoms with E-state index < -0.39 is 5.97 Å². The molecule has 106 valence electrons. The van der Waals surface area contributed by atoms with E-state index in [1.807, 2.05) is 18.2 Å². The Balaban J connectivity index is 2.12. The molecule has 0 amide bonds. The number of benzene rings is 1. The average molecular weight is 273 g/mol. The lowest BCUT2D eigenvalue weighted by molar-refractivity contribution is 0.0687. The molecule has 0 aliphatic heterocycles. The molecule has 2 rings (SSSR count). The fourth-order valence-corrected chi connectivity index (χ4v) is 2.20. The third-order valence-electron chi connectivity index (χ3n) is 3.20. The Kier molecular flexibility index (Phi) is 4.53. The van der Waals surface area contributed by atoms with Crippen molar-refractivity contribution >= 4 is 5.97 Å². The Morgan fingerprint density at radius 3 is 2.60 bits per heavy atom. The smallest absolute Gasteiger partial charge is 0.356 e. The molecule has 0 saturated carbocycles. The number of hydrogen-bond donors (Lipinski definition) is 1. The Morgan fingerprint density at radius 1 is 1.30 bits per heavy atom. The summed E-state index contributed by atoms with van der Waals surface area (Å²) in [5.41, 5.74) is 2.10. The molecule has 2 aromatic rings. The van der Waals surface area contributed by atoms with E-state index in [9.17, 15) is 4.79 Å². The molecule has 1 heterocycles. The van der Waals surface area contributed by atoms with Crippen molar-refractivity contribution in [3.8, 4) is 0 Å². The zero-order chi connectivity index (χ0) is 14.5. The van der Waals surface area contributed by atoms with Crippen LogP contribution in [0.2, 0.25) is 0 Å². The van der Waals surface area contributed by atoms with E-state index in [1.165, 1.54) is 5.56 Å². The summed E-state index contributed by atoms with van der Waals surface area (Å²) in [6.07, 6.45) is 1.77. The van der Waals surface area contributed by atoms with E-state index in [4.69, 9.17) is 5.11 Å². The van der Waals surface area contributed by atoms with Crippen LogP contribution >= 0.6 is 0 Å². The average Bonchev–Trinajstić information content (AvgIpc) is 2.80. The topological polar surface area (TPSA) is 58.4 Å². The van der Waals surface area contributed by atoms with Crippen LogP contribution in [0.1, 0.15) is 28.5 Å². The molecule has 5 nitrogen and oxygen atoms in total. The molecular weight excluding hydrogens is 254 g/mol. The maximum absolute atomic E-state index is 11.2. The third-order valence-corrected chi connectivity index (χ3v) is 3.20. The molecule has 0 unspecified atom stereocenters. The monoisotopic (exact) mass is 273 g/mol. The molecular formula is C15H19N3O2. The highest BCUT2D eigenvalue weighted by molar-refractivity contribution is 5.86. The first-order valence-electron chi connectivity index (χ1n) is 6.62. The highest BCUT2D eigenvalue weighted by Crippen LogP contribution is 2.13. The molecule has 5 heteroatoms. The Hall–Kier alpha value is -2.14. The number of carbonyl (C=O) groups is 1. The first-order valence-corrected chi connectivity index (χ1v) is 6.62.